The van der Waals surface area contributed by atoms with Crippen molar-refractivity contribution in [3.8, 4) is 11.5 Å². The third-order valence-electron chi connectivity index (χ3n) is 2.91. The first-order chi connectivity index (χ1) is 7.43. The van der Waals surface area contributed by atoms with Crippen LogP contribution < -0.4 is 14.8 Å². The number of ether oxygens (including phenoxy) is 2. The van der Waals surface area contributed by atoms with E-state index in [1.165, 1.54) is 17.7 Å². The number of nitrogens with one attached hydrogen (secondary N) is 1. The van der Waals surface area contributed by atoms with Gasteiger partial charge in [0.1, 0.15) is 0 Å². The Morgan fingerprint density at radius 2 is 1.80 bits per heavy atom. The van der Waals surface area contributed by atoms with Crippen molar-refractivity contribution in [3.05, 3.63) is 17.7 Å². The Labute approximate surface area is 89.4 Å². The molecule has 0 spiro atoms. The van der Waals surface area contributed by atoms with E-state index in [9.17, 15) is 0 Å². The molecule has 0 saturated carbocycles. The Bertz CT molecular complexity index is 341. The van der Waals surface area contributed by atoms with Crippen molar-refractivity contribution in [2.75, 3.05) is 25.1 Å². The molecule has 80 valence electrons. The predicted octanol–water partition coefficient (Wildman–Crippen LogP) is 2.21. The van der Waals surface area contributed by atoms with E-state index >= 15 is 0 Å². The first kappa shape index (κ1) is 8.89. The average molecular weight is 205 g/mol. The molecule has 0 radical (unpaired) electrons. The van der Waals surface area contributed by atoms with Crippen LogP contribution in [0.5, 0.6) is 11.5 Å². The molecule has 2 aliphatic heterocycles. The van der Waals surface area contributed by atoms with Crippen LogP contribution in [0.3, 0.4) is 0 Å². The van der Waals surface area contributed by atoms with Crippen LogP contribution in [0.1, 0.15) is 18.4 Å². The quantitative estimate of drug-likeness (QED) is 0.704. The Morgan fingerprint density at radius 3 is 2.67 bits per heavy atom. The van der Waals surface area contributed by atoms with Gasteiger partial charge >= 0.3 is 0 Å². The molecule has 0 amide bonds. The maximum atomic E-state index is 5.66. The minimum Gasteiger partial charge on any atom is -0.490 e. The molecule has 0 saturated heterocycles. The molecule has 0 fully saturated rings. The predicted molar refractivity (Wildman–Crippen MR) is 58.9 cm³/mol. The highest BCUT2D eigenvalue weighted by atomic mass is 16.5. The zero-order valence-electron chi connectivity index (χ0n) is 8.71. The van der Waals surface area contributed by atoms with Gasteiger partial charge in [0.25, 0.3) is 0 Å². The molecule has 3 nitrogen and oxygen atoms in total. The molecule has 0 unspecified atom stereocenters. The summed E-state index contributed by atoms with van der Waals surface area (Å²) in [6.07, 6.45) is 3.30. The van der Waals surface area contributed by atoms with Crippen molar-refractivity contribution in [2.24, 2.45) is 0 Å². The Balaban J connectivity index is 2.02. The maximum absolute atomic E-state index is 5.66. The second kappa shape index (κ2) is 3.65. The van der Waals surface area contributed by atoms with Crippen molar-refractivity contribution < 1.29 is 9.47 Å². The Kier molecular flexibility index (Phi) is 2.16. The number of aryl methyl sites for hydroxylation is 1. The average Bonchev–Trinajstić information content (AvgIpc) is 2.50. The van der Waals surface area contributed by atoms with Gasteiger partial charge < -0.3 is 14.8 Å². The monoisotopic (exact) mass is 205 g/mol. The Morgan fingerprint density at radius 1 is 1.00 bits per heavy atom. The summed E-state index contributed by atoms with van der Waals surface area (Å²) in [5.74, 6) is 1.80. The zero-order chi connectivity index (χ0) is 10.1. The van der Waals surface area contributed by atoms with Gasteiger partial charge in [-0.2, -0.15) is 0 Å². The topological polar surface area (TPSA) is 30.5 Å². The molecular formula is C12H15NO2. The molecule has 3 rings (SSSR count). The van der Waals surface area contributed by atoms with Crippen LogP contribution in [0.2, 0.25) is 0 Å². The van der Waals surface area contributed by atoms with Crippen molar-refractivity contribution in [1.29, 1.82) is 0 Å². The standard InChI is InChI=1S/C12H15NO2/c1-3-9-7-11-12(8-10(9)13-4-1)15-6-2-5-14-11/h7-8,13H,1-6H2. The lowest BCUT2D eigenvalue weighted by Crippen LogP contribution is -2.11. The van der Waals surface area contributed by atoms with E-state index in [2.05, 4.69) is 17.4 Å². The van der Waals surface area contributed by atoms with Crippen LogP contribution >= 0.6 is 0 Å². The van der Waals surface area contributed by atoms with Crippen molar-refractivity contribution >= 4 is 5.69 Å². The fraction of sp³-hybridized carbons (Fsp3) is 0.500. The summed E-state index contributed by atoms with van der Waals surface area (Å²) in [5, 5.41) is 3.40. The lowest BCUT2D eigenvalue weighted by atomic mass is 10.0. The molecule has 1 aromatic rings. The molecular weight excluding hydrogens is 190 g/mol. The van der Waals surface area contributed by atoms with Gasteiger partial charge in [-0.15, -0.1) is 0 Å². The minimum absolute atomic E-state index is 0.756. The fourth-order valence-corrected chi connectivity index (χ4v) is 2.12. The second-order valence-corrected chi connectivity index (χ2v) is 4.04. The van der Waals surface area contributed by atoms with Crippen LogP contribution in [0.25, 0.3) is 0 Å². The van der Waals surface area contributed by atoms with Crippen LogP contribution in [-0.2, 0) is 6.42 Å². The summed E-state index contributed by atoms with van der Waals surface area (Å²) in [4.78, 5) is 0. The van der Waals surface area contributed by atoms with Gasteiger partial charge in [0.15, 0.2) is 11.5 Å². The first-order valence-corrected chi connectivity index (χ1v) is 5.60. The molecule has 2 aliphatic rings. The molecule has 0 atom stereocenters. The summed E-state index contributed by atoms with van der Waals surface area (Å²) in [5.41, 5.74) is 2.57. The lowest BCUT2D eigenvalue weighted by molar-refractivity contribution is 0.297. The summed E-state index contributed by atoms with van der Waals surface area (Å²) in [7, 11) is 0. The smallest absolute Gasteiger partial charge is 0.163 e. The number of hydrogen-bond donors (Lipinski definition) is 1. The number of hydrogen-bond acceptors (Lipinski definition) is 3. The van der Waals surface area contributed by atoms with Gasteiger partial charge in [0, 0.05) is 24.7 Å². The van der Waals surface area contributed by atoms with E-state index in [-0.39, 0.29) is 0 Å². The van der Waals surface area contributed by atoms with E-state index in [4.69, 9.17) is 9.47 Å². The van der Waals surface area contributed by atoms with E-state index in [0.717, 1.165) is 44.1 Å². The minimum atomic E-state index is 0.756. The highest BCUT2D eigenvalue weighted by Crippen LogP contribution is 2.36. The maximum Gasteiger partial charge on any atom is 0.163 e. The van der Waals surface area contributed by atoms with Crippen LogP contribution in [0.4, 0.5) is 5.69 Å². The summed E-state index contributed by atoms with van der Waals surface area (Å²) >= 11 is 0. The summed E-state index contributed by atoms with van der Waals surface area (Å²) in [6, 6.07) is 4.21. The third kappa shape index (κ3) is 1.62. The molecule has 0 bridgehead atoms. The van der Waals surface area contributed by atoms with E-state index in [0.29, 0.717) is 0 Å². The molecule has 1 N–H and O–H groups in total. The normalized spacial score (nSPS) is 18.7. The van der Waals surface area contributed by atoms with Gasteiger partial charge in [-0.25, -0.2) is 0 Å². The number of anilines is 1. The van der Waals surface area contributed by atoms with Crippen LogP contribution in [0, 0.1) is 0 Å². The summed E-state index contributed by atoms with van der Waals surface area (Å²) in [6.45, 7) is 2.58. The van der Waals surface area contributed by atoms with Crippen LogP contribution in [-0.4, -0.2) is 19.8 Å². The largest absolute Gasteiger partial charge is 0.490 e. The molecule has 2 heterocycles. The van der Waals surface area contributed by atoms with E-state index < -0.39 is 0 Å². The molecule has 0 aliphatic carbocycles. The van der Waals surface area contributed by atoms with Gasteiger partial charge in [-0.1, -0.05) is 0 Å². The van der Waals surface area contributed by atoms with E-state index in [1.54, 1.807) is 0 Å². The summed E-state index contributed by atoms with van der Waals surface area (Å²) < 4.78 is 11.3. The zero-order valence-corrected chi connectivity index (χ0v) is 8.71. The van der Waals surface area contributed by atoms with Gasteiger partial charge in [-0.05, 0) is 24.5 Å². The van der Waals surface area contributed by atoms with Gasteiger partial charge in [0.05, 0.1) is 13.2 Å². The van der Waals surface area contributed by atoms with Gasteiger partial charge in [-0.3, -0.25) is 0 Å². The Hall–Kier alpha value is -1.38. The van der Waals surface area contributed by atoms with Crippen molar-refractivity contribution in [1.82, 2.24) is 0 Å². The SMILES string of the molecule is c1c2c(cc3c1OCCCO3)NCCC2. The molecule has 15 heavy (non-hydrogen) atoms. The van der Waals surface area contributed by atoms with Crippen LogP contribution in [0.15, 0.2) is 12.1 Å². The number of benzene rings is 1. The molecule has 1 aromatic carbocycles. The second-order valence-electron chi connectivity index (χ2n) is 4.04. The van der Waals surface area contributed by atoms with Gasteiger partial charge in [0.2, 0.25) is 0 Å². The first-order valence-electron chi connectivity index (χ1n) is 5.60. The molecule has 3 heteroatoms. The van der Waals surface area contributed by atoms with E-state index in [1.807, 2.05) is 0 Å². The fourth-order valence-electron chi connectivity index (χ4n) is 2.12. The van der Waals surface area contributed by atoms with Crippen molar-refractivity contribution in [3.63, 3.8) is 0 Å². The number of rotatable bonds is 0. The third-order valence-corrected chi connectivity index (χ3v) is 2.91. The van der Waals surface area contributed by atoms with Crippen molar-refractivity contribution in [2.45, 2.75) is 19.3 Å². The highest BCUT2D eigenvalue weighted by molar-refractivity contribution is 5.61. The lowest BCUT2D eigenvalue weighted by Gasteiger charge is -2.20. The number of fused-ring (bicyclic) bond motifs is 2. The molecule has 0 aromatic heterocycles. The highest BCUT2D eigenvalue weighted by Gasteiger charge is 2.16.